The van der Waals surface area contributed by atoms with Crippen molar-refractivity contribution in [1.82, 2.24) is 19.2 Å². The number of hydrogen-bond acceptors (Lipinski definition) is 6. The number of nitrogens with zero attached hydrogens (tertiary/aromatic N) is 4. The Balaban J connectivity index is 1.63. The Hall–Kier alpha value is -3.33. The van der Waals surface area contributed by atoms with Crippen LogP contribution in [0.2, 0.25) is 0 Å². The maximum absolute atomic E-state index is 13.1. The highest BCUT2D eigenvalue weighted by atomic mass is 32.2. The number of rotatable bonds is 8. The van der Waals surface area contributed by atoms with Gasteiger partial charge in [-0.3, -0.25) is 18.6 Å². The normalized spacial score (nSPS) is 11.4. The standard InChI is InChI=1S/C23H25N5O3S/c1-15(2)11-12-27-21(30)18-9-4-5-10-19(18)28-22(27)25-26-23(28)32-14-20(29)24-16-7-6-8-17(13-16)31-3/h4-10,13,15H,11-12,14H2,1-3H3,(H,24,29). The fourth-order valence-corrected chi connectivity index (χ4v) is 4.18. The largest absolute Gasteiger partial charge is 0.497 e. The lowest BCUT2D eigenvalue weighted by Gasteiger charge is -2.12. The summed E-state index contributed by atoms with van der Waals surface area (Å²) in [4.78, 5) is 25.6. The number of fused-ring (bicyclic) bond motifs is 3. The molecule has 0 aliphatic rings. The summed E-state index contributed by atoms with van der Waals surface area (Å²) in [5.74, 6) is 1.59. The summed E-state index contributed by atoms with van der Waals surface area (Å²) >= 11 is 1.28. The summed E-state index contributed by atoms with van der Waals surface area (Å²) in [6.07, 6.45) is 0.853. The predicted molar refractivity (Wildman–Crippen MR) is 127 cm³/mol. The first-order valence-corrected chi connectivity index (χ1v) is 11.4. The number of methoxy groups -OCH3 is 1. The van der Waals surface area contributed by atoms with Crippen LogP contribution in [-0.2, 0) is 11.3 Å². The number of benzene rings is 2. The number of ether oxygens (including phenoxy) is 1. The van der Waals surface area contributed by atoms with Crippen LogP contribution >= 0.6 is 11.8 Å². The SMILES string of the molecule is COc1cccc(NC(=O)CSc2nnc3n(CCC(C)C)c(=O)c4ccccc4n23)c1. The van der Waals surface area contributed by atoms with Crippen molar-refractivity contribution >= 4 is 40.0 Å². The molecule has 0 radical (unpaired) electrons. The van der Waals surface area contributed by atoms with Crippen molar-refractivity contribution in [3.63, 3.8) is 0 Å². The minimum Gasteiger partial charge on any atom is -0.497 e. The number of carbonyl (C=O) groups excluding carboxylic acids is 1. The van der Waals surface area contributed by atoms with E-state index >= 15 is 0 Å². The number of aromatic nitrogens is 4. The van der Waals surface area contributed by atoms with Gasteiger partial charge in [0.2, 0.25) is 11.7 Å². The Morgan fingerprint density at radius 3 is 2.75 bits per heavy atom. The van der Waals surface area contributed by atoms with Gasteiger partial charge >= 0.3 is 0 Å². The number of thioether (sulfide) groups is 1. The predicted octanol–water partition coefficient (Wildman–Crippen LogP) is 3.83. The van der Waals surface area contributed by atoms with E-state index in [-0.39, 0.29) is 17.2 Å². The molecule has 1 amide bonds. The monoisotopic (exact) mass is 451 g/mol. The molecule has 2 heterocycles. The topological polar surface area (TPSA) is 90.5 Å². The lowest BCUT2D eigenvalue weighted by molar-refractivity contribution is -0.113. The molecule has 2 aromatic carbocycles. The zero-order valence-electron chi connectivity index (χ0n) is 18.2. The van der Waals surface area contributed by atoms with E-state index in [2.05, 4.69) is 29.4 Å². The Morgan fingerprint density at radius 1 is 1.16 bits per heavy atom. The molecule has 8 nitrogen and oxygen atoms in total. The molecule has 0 saturated heterocycles. The minimum atomic E-state index is -0.169. The van der Waals surface area contributed by atoms with Gasteiger partial charge in [0.05, 0.1) is 23.8 Å². The van der Waals surface area contributed by atoms with Gasteiger partial charge in [0.25, 0.3) is 5.56 Å². The van der Waals surface area contributed by atoms with Crippen molar-refractivity contribution in [3.8, 4) is 5.75 Å². The lowest BCUT2D eigenvalue weighted by atomic mass is 10.1. The first kappa shape index (κ1) is 21.9. The van der Waals surface area contributed by atoms with Gasteiger partial charge < -0.3 is 10.1 Å². The van der Waals surface area contributed by atoms with Crippen LogP contribution in [0.3, 0.4) is 0 Å². The molecule has 9 heteroatoms. The first-order valence-electron chi connectivity index (χ1n) is 10.4. The fourth-order valence-electron chi connectivity index (χ4n) is 3.44. The average Bonchev–Trinajstić information content (AvgIpc) is 3.21. The molecule has 0 aliphatic heterocycles. The molecule has 4 rings (SSSR count). The van der Waals surface area contributed by atoms with Crippen LogP contribution in [-0.4, -0.2) is 37.9 Å². The Labute approximate surface area is 189 Å². The van der Waals surface area contributed by atoms with Gasteiger partial charge in [0.15, 0.2) is 5.16 Å². The van der Waals surface area contributed by atoms with Gasteiger partial charge in [0, 0.05) is 18.3 Å². The zero-order valence-corrected chi connectivity index (χ0v) is 19.1. The number of carbonyl (C=O) groups is 1. The van der Waals surface area contributed by atoms with Crippen LogP contribution in [0, 0.1) is 5.92 Å². The number of aryl methyl sites for hydroxylation is 1. The molecule has 0 saturated carbocycles. The fraction of sp³-hybridized carbons (Fsp3) is 0.304. The van der Waals surface area contributed by atoms with Gasteiger partial charge in [-0.25, -0.2) is 0 Å². The smallest absolute Gasteiger partial charge is 0.262 e. The van der Waals surface area contributed by atoms with Gasteiger partial charge in [0.1, 0.15) is 5.75 Å². The molecule has 0 atom stereocenters. The third-order valence-electron chi connectivity index (χ3n) is 5.09. The lowest BCUT2D eigenvalue weighted by Crippen LogP contribution is -2.24. The first-order chi connectivity index (χ1) is 15.5. The van der Waals surface area contributed by atoms with E-state index in [0.29, 0.717) is 40.2 Å². The number of hydrogen-bond donors (Lipinski definition) is 1. The summed E-state index contributed by atoms with van der Waals surface area (Å²) in [5, 5.41) is 12.6. The van der Waals surface area contributed by atoms with Gasteiger partial charge in [-0.1, -0.05) is 43.8 Å². The van der Waals surface area contributed by atoms with Crippen molar-refractivity contribution in [3.05, 3.63) is 58.9 Å². The molecule has 0 spiro atoms. The molecular weight excluding hydrogens is 426 g/mol. The molecule has 32 heavy (non-hydrogen) atoms. The van der Waals surface area contributed by atoms with E-state index in [1.165, 1.54) is 11.8 Å². The highest BCUT2D eigenvalue weighted by Gasteiger charge is 2.17. The maximum Gasteiger partial charge on any atom is 0.262 e. The molecule has 0 aliphatic carbocycles. The molecule has 0 bridgehead atoms. The van der Waals surface area contributed by atoms with Gasteiger partial charge in [-0.05, 0) is 36.6 Å². The van der Waals surface area contributed by atoms with Crippen molar-refractivity contribution in [2.45, 2.75) is 32.0 Å². The summed E-state index contributed by atoms with van der Waals surface area (Å²) in [7, 11) is 1.58. The molecule has 1 N–H and O–H groups in total. The van der Waals surface area contributed by atoms with Crippen molar-refractivity contribution < 1.29 is 9.53 Å². The van der Waals surface area contributed by atoms with Crippen LogP contribution < -0.4 is 15.6 Å². The minimum absolute atomic E-state index is 0.0755. The Kier molecular flexibility index (Phi) is 6.45. The zero-order chi connectivity index (χ0) is 22.7. The van der Waals surface area contributed by atoms with Crippen LogP contribution in [0.25, 0.3) is 16.7 Å². The third-order valence-corrected chi connectivity index (χ3v) is 6.02. The van der Waals surface area contributed by atoms with E-state index in [9.17, 15) is 9.59 Å². The van der Waals surface area contributed by atoms with E-state index < -0.39 is 0 Å². The number of amides is 1. The summed E-state index contributed by atoms with van der Waals surface area (Å²) in [6, 6.07) is 14.6. The van der Waals surface area contributed by atoms with Gasteiger partial charge in [-0.2, -0.15) is 0 Å². The van der Waals surface area contributed by atoms with Crippen LogP contribution in [0.15, 0.2) is 58.5 Å². The number of para-hydroxylation sites is 1. The number of nitrogens with one attached hydrogen (secondary N) is 1. The quantitative estimate of drug-likeness (QED) is 0.410. The van der Waals surface area contributed by atoms with E-state index in [0.717, 1.165) is 11.9 Å². The summed E-state index contributed by atoms with van der Waals surface area (Å²) < 4.78 is 8.73. The van der Waals surface area contributed by atoms with E-state index in [1.807, 2.05) is 40.8 Å². The molecule has 0 unspecified atom stereocenters. The molecule has 2 aromatic heterocycles. The summed E-state index contributed by atoms with van der Waals surface area (Å²) in [6.45, 7) is 4.80. The van der Waals surface area contributed by atoms with Crippen molar-refractivity contribution in [2.75, 3.05) is 18.2 Å². The summed E-state index contributed by atoms with van der Waals surface area (Å²) in [5.41, 5.74) is 1.32. The second-order valence-electron chi connectivity index (χ2n) is 7.84. The van der Waals surface area contributed by atoms with Crippen molar-refractivity contribution in [2.24, 2.45) is 5.92 Å². The van der Waals surface area contributed by atoms with Crippen LogP contribution in [0.5, 0.6) is 5.75 Å². The van der Waals surface area contributed by atoms with Crippen LogP contribution in [0.1, 0.15) is 20.3 Å². The second kappa shape index (κ2) is 9.44. The van der Waals surface area contributed by atoms with Crippen molar-refractivity contribution in [1.29, 1.82) is 0 Å². The average molecular weight is 452 g/mol. The number of anilines is 1. The maximum atomic E-state index is 13.1. The second-order valence-corrected chi connectivity index (χ2v) is 8.79. The molecule has 0 fully saturated rings. The highest BCUT2D eigenvalue weighted by Crippen LogP contribution is 2.23. The van der Waals surface area contributed by atoms with Crippen LogP contribution in [0.4, 0.5) is 5.69 Å². The van der Waals surface area contributed by atoms with E-state index in [1.54, 1.807) is 23.8 Å². The molecule has 4 aromatic rings. The molecule has 166 valence electrons. The Bertz CT molecular complexity index is 1330. The van der Waals surface area contributed by atoms with E-state index in [4.69, 9.17) is 4.74 Å². The molecular formula is C23H25N5O3S. The third kappa shape index (κ3) is 4.47. The highest BCUT2D eigenvalue weighted by molar-refractivity contribution is 7.99. The Morgan fingerprint density at radius 2 is 1.97 bits per heavy atom. The van der Waals surface area contributed by atoms with Gasteiger partial charge in [-0.15, -0.1) is 10.2 Å².